The van der Waals surface area contributed by atoms with Crippen LogP contribution in [0.25, 0.3) is 11.0 Å². The van der Waals surface area contributed by atoms with Crippen molar-refractivity contribution in [1.82, 2.24) is 19.9 Å². The Kier molecular flexibility index (Phi) is 4.18. The highest BCUT2D eigenvalue weighted by Crippen LogP contribution is 2.18. The summed E-state index contributed by atoms with van der Waals surface area (Å²) in [6, 6.07) is 17.7. The molecule has 0 atom stereocenters. The van der Waals surface area contributed by atoms with E-state index in [0.29, 0.717) is 17.5 Å². The third-order valence-electron chi connectivity index (χ3n) is 3.71. The molecule has 0 aliphatic carbocycles. The highest BCUT2D eigenvalue weighted by molar-refractivity contribution is 6.29. The fourth-order valence-electron chi connectivity index (χ4n) is 2.48. The van der Waals surface area contributed by atoms with Crippen molar-refractivity contribution in [2.75, 3.05) is 10.6 Å². The molecule has 124 valence electrons. The van der Waals surface area contributed by atoms with Crippen LogP contribution in [0.15, 0.2) is 60.9 Å². The molecule has 0 aliphatic rings. The van der Waals surface area contributed by atoms with Crippen LogP contribution in [0.2, 0.25) is 5.15 Å². The van der Waals surface area contributed by atoms with E-state index in [1.807, 2.05) is 48.5 Å². The van der Waals surface area contributed by atoms with E-state index >= 15 is 0 Å². The summed E-state index contributed by atoms with van der Waals surface area (Å²) in [6.45, 7) is 0.680. The number of rotatable bonds is 5. The number of halogens is 1. The monoisotopic (exact) mass is 350 g/mol. The Morgan fingerprint density at radius 1 is 1.00 bits per heavy atom. The second kappa shape index (κ2) is 6.78. The third-order valence-corrected chi connectivity index (χ3v) is 3.92. The molecule has 0 bridgehead atoms. The number of nitrogens with one attached hydrogen (secondary N) is 3. The molecule has 4 aromatic rings. The maximum Gasteiger partial charge on any atom is 0.201 e. The predicted molar refractivity (Wildman–Crippen MR) is 100 cm³/mol. The molecule has 0 saturated carbocycles. The number of fused-ring (bicyclic) bond motifs is 1. The van der Waals surface area contributed by atoms with Crippen LogP contribution in [-0.2, 0) is 6.54 Å². The zero-order valence-corrected chi connectivity index (χ0v) is 14.0. The molecule has 0 radical (unpaired) electrons. The van der Waals surface area contributed by atoms with Crippen LogP contribution in [0.3, 0.4) is 0 Å². The van der Waals surface area contributed by atoms with Gasteiger partial charge in [0, 0.05) is 18.3 Å². The Morgan fingerprint density at radius 3 is 2.64 bits per heavy atom. The van der Waals surface area contributed by atoms with Crippen LogP contribution in [0.1, 0.15) is 5.56 Å². The average molecular weight is 351 g/mol. The molecular weight excluding hydrogens is 336 g/mol. The highest BCUT2D eigenvalue weighted by Gasteiger charge is 2.02. The minimum absolute atomic E-state index is 0.407. The molecule has 2 aromatic carbocycles. The zero-order valence-electron chi connectivity index (χ0n) is 13.2. The maximum absolute atomic E-state index is 5.86. The summed E-state index contributed by atoms with van der Waals surface area (Å²) < 4.78 is 0. The Labute approximate surface area is 149 Å². The van der Waals surface area contributed by atoms with E-state index in [0.717, 1.165) is 28.2 Å². The zero-order chi connectivity index (χ0) is 17.1. The van der Waals surface area contributed by atoms with Gasteiger partial charge in [0.1, 0.15) is 17.3 Å². The lowest BCUT2D eigenvalue weighted by molar-refractivity contribution is 1.10. The van der Waals surface area contributed by atoms with Crippen molar-refractivity contribution in [2.24, 2.45) is 0 Å². The van der Waals surface area contributed by atoms with E-state index in [1.54, 1.807) is 6.07 Å². The smallest absolute Gasteiger partial charge is 0.201 e. The number of para-hydroxylation sites is 2. The van der Waals surface area contributed by atoms with Crippen LogP contribution < -0.4 is 10.6 Å². The SMILES string of the molecule is Clc1cc(Nc2ccc(CNc3nc4ccccc4[nH]3)cc2)ncn1. The normalized spacial score (nSPS) is 10.8. The molecule has 25 heavy (non-hydrogen) atoms. The molecule has 7 heteroatoms. The van der Waals surface area contributed by atoms with Crippen LogP contribution >= 0.6 is 11.6 Å². The van der Waals surface area contributed by atoms with E-state index in [2.05, 4.69) is 30.6 Å². The number of hydrogen-bond acceptors (Lipinski definition) is 5. The lowest BCUT2D eigenvalue weighted by atomic mass is 10.2. The van der Waals surface area contributed by atoms with Gasteiger partial charge in [0.25, 0.3) is 0 Å². The van der Waals surface area contributed by atoms with Gasteiger partial charge in [-0.15, -0.1) is 0 Å². The first kappa shape index (κ1) is 15.4. The molecule has 0 unspecified atom stereocenters. The van der Waals surface area contributed by atoms with E-state index in [-0.39, 0.29) is 0 Å². The highest BCUT2D eigenvalue weighted by atomic mass is 35.5. The minimum atomic E-state index is 0.407. The van der Waals surface area contributed by atoms with Gasteiger partial charge in [-0.3, -0.25) is 0 Å². The largest absolute Gasteiger partial charge is 0.352 e. The molecule has 2 aromatic heterocycles. The second-order valence-corrected chi connectivity index (χ2v) is 5.89. The summed E-state index contributed by atoms with van der Waals surface area (Å²) in [5.74, 6) is 1.42. The second-order valence-electron chi connectivity index (χ2n) is 5.50. The van der Waals surface area contributed by atoms with Crippen molar-refractivity contribution in [3.05, 3.63) is 71.6 Å². The maximum atomic E-state index is 5.86. The molecule has 0 aliphatic heterocycles. The number of imidazole rings is 1. The number of anilines is 3. The summed E-state index contributed by atoms with van der Waals surface area (Å²) in [4.78, 5) is 15.7. The van der Waals surface area contributed by atoms with Crippen molar-refractivity contribution in [3.8, 4) is 0 Å². The lowest BCUT2D eigenvalue weighted by Crippen LogP contribution is -2.01. The Bertz CT molecular complexity index is 963. The van der Waals surface area contributed by atoms with Crippen LogP contribution in [0, 0.1) is 0 Å². The number of hydrogen-bond donors (Lipinski definition) is 3. The van der Waals surface area contributed by atoms with Gasteiger partial charge in [0.05, 0.1) is 11.0 Å². The molecule has 0 fully saturated rings. The Hall–Kier alpha value is -3.12. The van der Waals surface area contributed by atoms with Crippen LogP contribution in [-0.4, -0.2) is 19.9 Å². The van der Waals surface area contributed by atoms with Crippen molar-refractivity contribution in [1.29, 1.82) is 0 Å². The van der Waals surface area contributed by atoms with E-state index < -0.39 is 0 Å². The van der Waals surface area contributed by atoms with Gasteiger partial charge in [-0.1, -0.05) is 35.9 Å². The Morgan fingerprint density at radius 2 is 1.84 bits per heavy atom. The number of H-pyrrole nitrogens is 1. The van der Waals surface area contributed by atoms with Gasteiger partial charge >= 0.3 is 0 Å². The standard InChI is InChI=1S/C18H15ClN6/c19-16-9-17(22-11-21-16)23-13-7-5-12(6-8-13)10-20-18-24-14-3-1-2-4-15(14)25-18/h1-9,11H,10H2,(H2,20,24,25)(H,21,22,23). The molecule has 3 N–H and O–H groups in total. The molecule has 4 rings (SSSR count). The number of benzene rings is 2. The molecule has 6 nitrogen and oxygen atoms in total. The lowest BCUT2D eigenvalue weighted by Gasteiger charge is -2.07. The number of aromatic amines is 1. The number of nitrogens with zero attached hydrogens (tertiary/aromatic N) is 3. The molecular formula is C18H15ClN6. The van der Waals surface area contributed by atoms with Gasteiger partial charge in [-0.25, -0.2) is 15.0 Å². The van der Waals surface area contributed by atoms with Gasteiger partial charge < -0.3 is 15.6 Å². The fourth-order valence-corrected chi connectivity index (χ4v) is 2.63. The van der Waals surface area contributed by atoms with E-state index in [9.17, 15) is 0 Å². The minimum Gasteiger partial charge on any atom is -0.352 e. The van der Waals surface area contributed by atoms with Crippen molar-refractivity contribution < 1.29 is 0 Å². The van der Waals surface area contributed by atoms with Crippen LogP contribution in [0.5, 0.6) is 0 Å². The molecule has 0 saturated heterocycles. The topological polar surface area (TPSA) is 78.5 Å². The third kappa shape index (κ3) is 3.70. The summed E-state index contributed by atoms with van der Waals surface area (Å²) in [7, 11) is 0. The van der Waals surface area contributed by atoms with E-state index in [4.69, 9.17) is 11.6 Å². The van der Waals surface area contributed by atoms with Gasteiger partial charge in [-0.2, -0.15) is 0 Å². The van der Waals surface area contributed by atoms with Crippen molar-refractivity contribution in [3.63, 3.8) is 0 Å². The molecule has 0 spiro atoms. The summed E-state index contributed by atoms with van der Waals surface area (Å²) in [6.07, 6.45) is 1.43. The van der Waals surface area contributed by atoms with Gasteiger partial charge in [-0.05, 0) is 29.8 Å². The predicted octanol–water partition coefficient (Wildman–Crippen LogP) is 4.36. The molecule has 2 heterocycles. The van der Waals surface area contributed by atoms with E-state index in [1.165, 1.54) is 6.33 Å². The summed E-state index contributed by atoms with van der Waals surface area (Å²) in [5.41, 5.74) is 4.05. The average Bonchev–Trinajstić information content (AvgIpc) is 3.04. The first-order valence-corrected chi connectivity index (χ1v) is 8.16. The summed E-state index contributed by atoms with van der Waals surface area (Å²) in [5, 5.41) is 6.90. The van der Waals surface area contributed by atoms with Crippen molar-refractivity contribution >= 4 is 40.1 Å². The first-order valence-electron chi connectivity index (χ1n) is 7.78. The fraction of sp³-hybridized carbons (Fsp3) is 0.0556. The quantitative estimate of drug-likeness (QED) is 0.466. The van der Waals surface area contributed by atoms with Gasteiger partial charge in [0.2, 0.25) is 5.95 Å². The van der Waals surface area contributed by atoms with Crippen molar-refractivity contribution in [2.45, 2.75) is 6.54 Å². The first-order chi connectivity index (χ1) is 12.3. The Balaban J connectivity index is 1.40. The number of aromatic nitrogens is 4. The summed E-state index contributed by atoms with van der Waals surface area (Å²) >= 11 is 5.86. The van der Waals surface area contributed by atoms with Gasteiger partial charge in [0.15, 0.2) is 0 Å². The molecule has 0 amide bonds. The van der Waals surface area contributed by atoms with Crippen LogP contribution in [0.4, 0.5) is 17.5 Å².